The highest BCUT2D eigenvalue weighted by atomic mass is 35.5. The van der Waals surface area contributed by atoms with E-state index in [0.29, 0.717) is 10.6 Å². The van der Waals surface area contributed by atoms with E-state index in [4.69, 9.17) is 17.3 Å². The first-order valence-corrected chi connectivity index (χ1v) is 6.39. The van der Waals surface area contributed by atoms with Crippen LogP contribution >= 0.6 is 11.6 Å². The van der Waals surface area contributed by atoms with Crippen molar-refractivity contribution < 1.29 is 18.0 Å². The third kappa shape index (κ3) is 3.62. The second kappa shape index (κ2) is 5.87. The number of nitrogens with two attached hydrogens (primary N) is 1. The number of carbonyl (C=O) groups excluding carboxylic acids is 1. The van der Waals surface area contributed by atoms with Gasteiger partial charge in [0.1, 0.15) is 6.04 Å². The topological polar surface area (TPSA) is 43.1 Å². The maximum Gasteiger partial charge on any atom is 0.407 e. The summed E-state index contributed by atoms with van der Waals surface area (Å²) in [5.74, 6) is -0.293. The first-order chi connectivity index (χ1) is 9.79. The maximum atomic E-state index is 12.5. The molecular weight excluding hydrogens is 303 g/mol. The summed E-state index contributed by atoms with van der Waals surface area (Å²) in [5, 5.41) is 0.498. The van der Waals surface area contributed by atoms with Crippen LogP contribution in [0.25, 0.3) is 0 Å². The lowest BCUT2D eigenvalue weighted by molar-refractivity contribution is -0.149. The third-order valence-corrected chi connectivity index (χ3v) is 3.24. The second-order valence-corrected chi connectivity index (χ2v) is 4.91. The summed E-state index contributed by atoms with van der Waals surface area (Å²) in [6.45, 7) is 0. The first kappa shape index (κ1) is 15.5. The van der Waals surface area contributed by atoms with Crippen LogP contribution < -0.4 is 5.73 Å². The van der Waals surface area contributed by atoms with Gasteiger partial charge in [0.05, 0.1) is 0 Å². The number of carbonyl (C=O) groups is 1. The van der Waals surface area contributed by atoms with Crippen LogP contribution in [-0.4, -0.2) is 12.0 Å². The minimum atomic E-state index is -4.51. The molecule has 2 aromatic rings. The molecule has 0 bridgehead atoms. The fraction of sp³-hybridized carbons (Fsp3) is 0.133. The Morgan fingerprint density at radius 3 is 1.81 bits per heavy atom. The number of ketones is 1. The molecule has 1 atom stereocenters. The molecule has 2 nitrogen and oxygen atoms in total. The largest absolute Gasteiger partial charge is 0.407 e. The van der Waals surface area contributed by atoms with Gasteiger partial charge >= 0.3 is 6.18 Å². The van der Waals surface area contributed by atoms with Gasteiger partial charge in [-0.2, -0.15) is 13.2 Å². The van der Waals surface area contributed by atoms with E-state index >= 15 is 0 Å². The molecule has 0 radical (unpaired) electrons. The van der Waals surface area contributed by atoms with Crippen molar-refractivity contribution in [1.29, 1.82) is 0 Å². The van der Waals surface area contributed by atoms with Crippen molar-refractivity contribution in [1.82, 2.24) is 0 Å². The molecule has 2 aromatic carbocycles. The number of alkyl halides is 3. The zero-order valence-corrected chi connectivity index (χ0v) is 11.4. The molecule has 110 valence electrons. The van der Waals surface area contributed by atoms with Crippen LogP contribution in [0.4, 0.5) is 13.2 Å². The van der Waals surface area contributed by atoms with Gasteiger partial charge in [0.2, 0.25) is 0 Å². The molecular formula is C15H11ClF3NO. The molecule has 2 rings (SSSR count). The molecule has 21 heavy (non-hydrogen) atoms. The molecule has 0 fully saturated rings. The monoisotopic (exact) mass is 313 g/mol. The van der Waals surface area contributed by atoms with Crippen LogP contribution in [0.3, 0.4) is 0 Å². The van der Waals surface area contributed by atoms with Gasteiger partial charge in [-0.25, -0.2) is 0 Å². The lowest BCUT2D eigenvalue weighted by Crippen LogP contribution is -2.28. The van der Waals surface area contributed by atoms with Crippen LogP contribution in [0.2, 0.25) is 5.02 Å². The average Bonchev–Trinajstić information content (AvgIpc) is 2.46. The van der Waals surface area contributed by atoms with Gasteiger partial charge in [0.25, 0.3) is 0 Å². The van der Waals surface area contributed by atoms with Crippen molar-refractivity contribution in [3.05, 3.63) is 70.2 Å². The van der Waals surface area contributed by atoms with E-state index in [-0.39, 0.29) is 16.9 Å². The zero-order chi connectivity index (χ0) is 15.6. The Morgan fingerprint density at radius 2 is 1.38 bits per heavy atom. The van der Waals surface area contributed by atoms with Crippen molar-refractivity contribution in [3.8, 4) is 0 Å². The highest BCUT2D eigenvalue weighted by Crippen LogP contribution is 2.30. The van der Waals surface area contributed by atoms with Gasteiger partial charge in [-0.1, -0.05) is 35.9 Å². The van der Waals surface area contributed by atoms with Crippen LogP contribution in [0, 0.1) is 0 Å². The molecule has 1 unspecified atom stereocenters. The minimum absolute atomic E-state index is 0.0878. The van der Waals surface area contributed by atoms with Crippen molar-refractivity contribution >= 4 is 17.4 Å². The van der Waals surface area contributed by atoms with Gasteiger partial charge in [0, 0.05) is 16.1 Å². The van der Waals surface area contributed by atoms with Crippen molar-refractivity contribution in [2.75, 3.05) is 0 Å². The molecule has 0 aliphatic carbocycles. The van der Waals surface area contributed by atoms with Gasteiger partial charge in [0.15, 0.2) is 5.78 Å². The standard InChI is InChI=1S/C15H11ClF3NO/c16-12-7-5-10(6-8-12)13(21)9-1-3-11(4-2-9)14(20)15(17,18)19/h1-8,14H,20H2. The highest BCUT2D eigenvalue weighted by molar-refractivity contribution is 6.30. The van der Waals surface area contributed by atoms with Crippen molar-refractivity contribution in [2.45, 2.75) is 12.2 Å². The van der Waals surface area contributed by atoms with Crippen LogP contribution in [0.1, 0.15) is 27.5 Å². The van der Waals surface area contributed by atoms with E-state index in [1.165, 1.54) is 24.3 Å². The maximum absolute atomic E-state index is 12.5. The molecule has 0 saturated heterocycles. The molecule has 6 heteroatoms. The zero-order valence-electron chi connectivity index (χ0n) is 10.7. The molecule has 0 saturated carbocycles. The Balaban J connectivity index is 2.23. The molecule has 0 heterocycles. The SMILES string of the molecule is NC(c1ccc(C(=O)c2ccc(Cl)cc2)cc1)C(F)(F)F. The van der Waals surface area contributed by atoms with Gasteiger partial charge in [-0.15, -0.1) is 0 Å². The number of hydrogen-bond donors (Lipinski definition) is 1. The van der Waals surface area contributed by atoms with Crippen LogP contribution in [0.15, 0.2) is 48.5 Å². The van der Waals surface area contributed by atoms with E-state index < -0.39 is 12.2 Å². The van der Waals surface area contributed by atoms with Gasteiger partial charge in [-0.05, 0) is 29.8 Å². The number of benzene rings is 2. The number of hydrogen-bond acceptors (Lipinski definition) is 2. The Labute approximate surface area is 124 Å². The predicted molar refractivity (Wildman–Crippen MR) is 74.3 cm³/mol. The van der Waals surface area contributed by atoms with E-state index in [9.17, 15) is 18.0 Å². The second-order valence-electron chi connectivity index (χ2n) is 4.48. The highest BCUT2D eigenvalue weighted by Gasteiger charge is 2.37. The normalized spacial score (nSPS) is 13.0. The molecule has 0 aliphatic heterocycles. The number of rotatable bonds is 3. The van der Waals surface area contributed by atoms with Crippen molar-refractivity contribution in [2.24, 2.45) is 5.73 Å². The number of halogens is 4. The summed E-state index contributed by atoms with van der Waals surface area (Å²) < 4.78 is 37.5. The summed E-state index contributed by atoms with van der Waals surface area (Å²) >= 11 is 5.73. The lowest BCUT2D eigenvalue weighted by Gasteiger charge is -2.15. The Bertz CT molecular complexity index is 635. The predicted octanol–water partition coefficient (Wildman–Crippen LogP) is 4.13. The lowest BCUT2D eigenvalue weighted by atomic mass is 10.00. The Kier molecular flexibility index (Phi) is 4.34. The molecule has 0 aromatic heterocycles. The smallest absolute Gasteiger partial charge is 0.316 e. The fourth-order valence-corrected chi connectivity index (χ4v) is 1.92. The van der Waals surface area contributed by atoms with E-state index in [1.54, 1.807) is 24.3 Å². The quantitative estimate of drug-likeness (QED) is 0.866. The molecule has 0 amide bonds. The summed E-state index contributed by atoms with van der Waals surface area (Å²) in [4.78, 5) is 12.1. The van der Waals surface area contributed by atoms with Crippen molar-refractivity contribution in [3.63, 3.8) is 0 Å². The Hall–Kier alpha value is -1.85. The third-order valence-electron chi connectivity index (χ3n) is 2.99. The molecule has 0 spiro atoms. The fourth-order valence-electron chi connectivity index (χ4n) is 1.80. The van der Waals surface area contributed by atoms with Gasteiger partial charge < -0.3 is 5.73 Å². The van der Waals surface area contributed by atoms with E-state index in [1.807, 2.05) is 0 Å². The first-order valence-electron chi connectivity index (χ1n) is 6.01. The summed E-state index contributed by atoms with van der Waals surface area (Å²) in [5.41, 5.74) is 5.71. The summed E-state index contributed by atoms with van der Waals surface area (Å²) in [6, 6.07) is 9.28. The Morgan fingerprint density at radius 1 is 0.952 bits per heavy atom. The van der Waals surface area contributed by atoms with E-state index in [0.717, 1.165) is 0 Å². The molecule has 2 N–H and O–H groups in total. The summed E-state index contributed by atoms with van der Waals surface area (Å²) in [6.07, 6.45) is -4.51. The molecule has 0 aliphatic rings. The van der Waals surface area contributed by atoms with Crippen LogP contribution in [-0.2, 0) is 0 Å². The van der Waals surface area contributed by atoms with E-state index in [2.05, 4.69) is 0 Å². The summed E-state index contributed by atoms with van der Waals surface area (Å²) in [7, 11) is 0. The van der Waals surface area contributed by atoms with Gasteiger partial charge in [-0.3, -0.25) is 4.79 Å². The van der Waals surface area contributed by atoms with Crippen LogP contribution in [0.5, 0.6) is 0 Å². The average molecular weight is 314 g/mol. The minimum Gasteiger partial charge on any atom is -0.316 e.